The molecule has 0 radical (unpaired) electrons. The summed E-state index contributed by atoms with van der Waals surface area (Å²) in [5, 5.41) is 10.7. The molecule has 3 aliphatic rings. The number of halogens is 1. The zero-order valence-corrected chi connectivity index (χ0v) is 16.1. The van der Waals surface area contributed by atoms with E-state index in [1.807, 2.05) is 12.1 Å². The number of hydrogen-bond acceptors (Lipinski definition) is 7. The molecule has 1 aromatic carbocycles. The number of hydrogen-bond donors (Lipinski definition) is 1. The van der Waals surface area contributed by atoms with Gasteiger partial charge in [-0.25, -0.2) is 4.98 Å². The van der Waals surface area contributed by atoms with E-state index in [4.69, 9.17) is 31.5 Å². The van der Waals surface area contributed by atoms with E-state index in [1.54, 1.807) is 6.07 Å². The van der Waals surface area contributed by atoms with Crippen molar-refractivity contribution in [3.05, 3.63) is 51.7 Å². The molecule has 5 rings (SSSR count). The number of benzene rings is 1. The first-order chi connectivity index (χ1) is 14.1. The Balaban J connectivity index is 1.72. The zero-order chi connectivity index (χ0) is 20.1. The number of allylic oxidation sites excluding steroid dienone is 3. The van der Waals surface area contributed by atoms with Crippen molar-refractivity contribution in [2.45, 2.75) is 25.2 Å². The third-order valence-corrected chi connectivity index (χ3v) is 5.68. The van der Waals surface area contributed by atoms with E-state index in [9.17, 15) is 10.1 Å². The Hall–Kier alpha value is -3.24. The van der Waals surface area contributed by atoms with Crippen LogP contribution in [0.15, 0.2) is 41.0 Å². The number of rotatable bonds is 1. The zero-order valence-electron chi connectivity index (χ0n) is 15.3. The van der Waals surface area contributed by atoms with Gasteiger partial charge in [-0.1, -0.05) is 11.6 Å². The lowest BCUT2D eigenvalue weighted by molar-refractivity contribution is -0.116. The predicted octanol–water partition coefficient (Wildman–Crippen LogP) is 3.47. The molecular formula is C21H16ClN3O4. The Morgan fingerprint density at radius 2 is 1.93 bits per heavy atom. The Kier molecular flexibility index (Phi) is 4.10. The van der Waals surface area contributed by atoms with Crippen molar-refractivity contribution in [3.8, 4) is 17.6 Å². The first kappa shape index (κ1) is 17.8. The first-order valence-corrected chi connectivity index (χ1v) is 9.68. The van der Waals surface area contributed by atoms with Crippen LogP contribution in [0.25, 0.3) is 10.9 Å². The van der Waals surface area contributed by atoms with E-state index < -0.39 is 5.92 Å². The monoisotopic (exact) mass is 409 g/mol. The van der Waals surface area contributed by atoms with Crippen LogP contribution in [0.2, 0.25) is 5.15 Å². The van der Waals surface area contributed by atoms with Crippen LogP contribution in [0.4, 0.5) is 0 Å². The number of ketones is 1. The summed E-state index contributed by atoms with van der Waals surface area (Å²) in [6.07, 6.45) is 1.68. The van der Waals surface area contributed by atoms with Gasteiger partial charge in [-0.2, -0.15) is 5.26 Å². The van der Waals surface area contributed by atoms with E-state index in [1.165, 1.54) is 0 Å². The lowest BCUT2D eigenvalue weighted by atomic mass is 9.78. The molecule has 0 saturated carbocycles. The van der Waals surface area contributed by atoms with Gasteiger partial charge in [0, 0.05) is 35.4 Å². The van der Waals surface area contributed by atoms with Crippen molar-refractivity contribution >= 4 is 28.3 Å². The molecule has 1 aromatic heterocycles. The van der Waals surface area contributed by atoms with E-state index in [2.05, 4.69) is 11.1 Å². The molecule has 0 fully saturated rings. The number of fused-ring (bicyclic) bond motifs is 2. The van der Waals surface area contributed by atoms with Gasteiger partial charge in [0.2, 0.25) is 5.88 Å². The van der Waals surface area contributed by atoms with Gasteiger partial charge in [0.15, 0.2) is 17.3 Å². The van der Waals surface area contributed by atoms with Crippen LogP contribution >= 0.6 is 11.6 Å². The number of nitrogens with two attached hydrogens (primary N) is 1. The fourth-order valence-electron chi connectivity index (χ4n) is 4.07. The smallest absolute Gasteiger partial charge is 0.205 e. The molecule has 29 heavy (non-hydrogen) atoms. The Labute approximate surface area is 171 Å². The molecule has 2 aliphatic heterocycles. The maximum absolute atomic E-state index is 12.7. The number of Topliss-reactive ketones (excluding diaryl/α,β-unsaturated/α-hetero) is 1. The molecule has 8 heteroatoms. The summed E-state index contributed by atoms with van der Waals surface area (Å²) in [5.74, 6) is 0.991. The minimum Gasteiger partial charge on any atom is -0.486 e. The molecule has 3 heterocycles. The van der Waals surface area contributed by atoms with Crippen LogP contribution in [0.3, 0.4) is 0 Å². The third kappa shape index (κ3) is 2.79. The summed E-state index contributed by atoms with van der Waals surface area (Å²) in [6, 6.07) is 7.52. The summed E-state index contributed by atoms with van der Waals surface area (Å²) in [6.45, 7) is 0.940. The summed E-state index contributed by atoms with van der Waals surface area (Å²) < 4.78 is 16.9. The van der Waals surface area contributed by atoms with Crippen molar-refractivity contribution in [3.63, 3.8) is 0 Å². The molecule has 0 bridgehead atoms. The molecule has 146 valence electrons. The van der Waals surface area contributed by atoms with Crippen LogP contribution in [0.1, 0.15) is 30.7 Å². The normalized spacial score (nSPS) is 21.0. The van der Waals surface area contributed by atoms with E-state index in [-0.39, 0.29) is 22.4 Å². The largest absolute Gasteiger partial charge is 0.486 e. The van der Waals surface area contributed by atoms with Gasteiger partial charge in [0.1, 0.15) is 35.8 Å². The molecule has 1 aliphatic carbocycles. The summed E-state index contributed by atoms with van der Waals surface area (Å²) in [4.78, 5) is 17.2. The van der Waals surface area contributed by atoms with Crippen molar-refractivity contribution < 1.29 is 19.0 Å². The SMILES string of the molecule is N#CC1=C(N)OC2=C(C(=O)CCC2)[C@@H]1c1cc2cc3c(cc2nc1Cl)OCCO3. The highest BCUT2D eigenvalue weighted by Crippen LogP contribution is 2.46. The second kappa shape index (κ2) is 6.68. The molecule has 2 aromatic rings. The topological polar surface area (TPSA) is 107 Å². The summed E-state index contributed by atoms with van der Waals surface area (Å²) in [5.41, 5.74) is 7.80. The standard InChI is InChI=1S/C21H16ClN3O4/c22-20-11(6-10-7-16-17(8-13(10)25-20)28-5-4-27-16)18-12(9-23)21(24)29-15-3-1-2-14(26)19(15)18/h6-8,18H,1-5,24H2/t18-/m1/s1. The Morgan fingerprint density at radius 3 is 2.69 bits per heavy atom. The Bertz CT molecular complexity index is 1180. The van der Waals surface area contributed by atoms with Gasteiger partial charge in [0.05, 0.1) is 11.4 Å². The van der Waals surface area contributed by atoms with Crippen molar-refractivity contribution in [1.82, 2.24) is 4.98 Å². The number of pyridine rings is 1. The highest BCUT2D eigenvalue weighted by Gasteiger charge is 2.39. The minimum atomic E-state index is -0.700. The highest BCUT2D eigenvalue weighted by atomic mass is 35.5. The second-order valence-electron chi connectivity index (χ2n) is 7.10. The van der Waals surface area contributed by atoms with Gasteiger partial charge in [0.25, 0.3) is 0 Å². The molecule has 0 saturated heterocycles. The molecule has 7 nitrogen and oxygen atoms in total. The molecule has 1 atom stereocenters. The van der Waals surface area contributed by atoms with Gasteiger partial charge < -0.3 is 19.9 Å². The van der Waals surface area contributed by atoms with Crippen molar-refractivity contribution in [1.29, 1.82) is 5.26 Å². The van der Waals surface area contributed by atoms with Crippen LogP contribution in [0.5, 0.6) is 11.5 Å². The Morgan fingerprint density at radius 1 is 1.17 bits per heavy atom. The number of nitrogens with zero attached hydrogens (tertiary/aromatic N) is 2. The van der Waals surface area contributed by atoms with Crippen molar-refractivity contribution in [2.24, 2.45) is 5.73 Å². The van der Waals surface area contributed by atoms with Gasteiger partial charge in [-0.15, -0.1) is 0 Å². The fourth-order valence-corrected chi connectivity index (χ4v) is 4.33. The van der Waals surface area contributed by atoms with Crippen LogP contribution in [-0.4, -0.2) is 24.0 Å². The number of ether oxygens (including phenoxy) is 3. The molecule has 0 amide bonds. The number of aromatic nitrogens is 1. The van der Waals surface area contributed by atoms with E-state index >= 15 is 0 Å². The highest BCUT2D eigenvalue weighted by molar-refractivity contribution is 6.31. The third-order valence-electron chi connectivity index (χ3n) is 5.38. The second-order valence-corrected chi connectivity index (χ2v) is 7.45. The number of carbonyl (C=O) groups is 1. The summed E-state index contributed by atoms with van der Waals surface area (Å²) in [7, 11) is 0. The summed E-state index contributed by atoms with van der Waals surface area (Å²) >= 11 is 6.54. The van der Waals surface area contributed by atoms with Crippen LogP contribution in [-0.2, 0) is 9.53 Å². The maximum Gasteiger partial charge on any atom is 0.205 e. The average Bonchev–Trinajstić information content (AvgIpc) is 2.71. The molecule has 0 unspecified atom stereocenters. The van der Waals surface area contributed by atoms with Gasteiger partial charge >= 0.3 is 0 Å². The number of nitriles is 1. The fraction of sp³-hybridized carbons (Fsp3) is 0.286. The van der Waals surface area contributed by atoms with Gasteiger partial charge in [-0.05, 0) is 18.6 Å². The molecular weight excluding hydrogens is 394 g/mol. The lowest BCUT2D eigenvalue weighted by Gasteiger charge is -2.31. The van der Waals surface area contributed by atoms with Crippen molar-refractivity contribution in [2.75, 3.05) is 13.2 Å². The maximum atomic E-state index is 12.7. The van der Waals surface area contributed by atoms with E-state index in [0.717, 1.165) is 5.39 Å². The van der Waals surface area contributed by atoms with E-state index in [0.29, 0.717) is 66.4 Å². The lowest BCUT2D eigenvalue weighted by Crippen LogP contribution is -2.27. The predicted molar refractivity (Wildman–Crippen MR) is 104 cm³/mol. The average molecular weight is 410 g/mol. The quantitative estimate of drug-likeness (QED) is 0.718. The van der Waals surface area contributed by atoms with Crippen LogP contribution in [0, 0.1) is 11.3 Å². The van der Waals surface area contributed by atoms with Crippen LogP contribution < -0.4 is 15.2 Å². The number of carbonyl (C=O) groups excluding carboxylic acids is 1. The minimum absolute atomic E-state index is 0.00397. The molecule has 0 spiro atoms. The molecule has 2 N–H and O–H groups in total. The first-order valence-electron chi connectivity index (χ1n) is 9.30. The van der Waals surface area contributed by atoms with Gasteiger partial charge in [-0.3, -0.25) is 4.79 Å².